The molecule has 4 rings (SSSR count). The number of piperidine rings is 1. The molecular formula is C26H28ClN3O2. The van der Waals surface area contributed by atoms with Gasteiger partial charge < -0.3 is 10.0 Å². The summed E-state index contributed by atoms with van der Waals surface area (Å²) in [6, 6.07) is 9.54. The molecule has 1 aliphatic carbocycles. The Morgan fingerprint density at radius 3 is 2.59 bits per heavy atom. The van der Waals surface area contributed by atoms with Crippen LogP contribution in [0.2, 0.25) is 5.02 Å². The van der Waals surface area contributed by atoms with Gasteiger partial charge in [-0.3, -0.25) is 14.8 Å². The molecule has 1 amide bonds. The number of likely N-dealkylation sites (tertiary alicyclic amines) is 1. The van der Waals surface area contributed by atoms with E-state index in [4.69, 9.17) is 11.6 Å². The van der Waals surface area contributed by atoms with Crippen LogP contribution in [0.3, 0.4) is 0 Å². The highest BCUT2D eigenvalue weighted by Gasteiger charge is 2.25. The van der Waals surface area contributed by atoms with Crippen LogP contribution in [0.15, 0.2) is 53.8 Å². The van der Waals surface area contributed by atoms with Crippen molar-refractivity contribution < 1.29 is 9.90 Å². The Morgan fingerprint density at radius 1 is 1.19 bits per heavy atom. The second kappa shape index (κ2) is 9.80. The van der Waals surface area contributed by atoms with E-state index in [0.29, 0.717) is 42.4 Å². The van der Waals surface area contributed by atoms with Gasteiger partial charge in [-0.15, -0.1) is 0 Å². The molecule has 1 N–H and O–H groups in total. The van der Waals surface area contributed by atoms with Gasteiger partial charge in [0.1, 0.15) is 0 Å². The van der Waals surface area contributed by atoms with E-state index in [1.165, 1.54) is 12.8 Å². The molecule has 5 nitrogen and oxygen atoms in total. The molecule has 2 aromatic rings. The number of nitrogens with zero attached hydrogens (tertiary/aromatic N) is 3. The predicted octanol–water partition coefficient (Wildman–Crippen LogP) is 5.35. The Labute approximate surface area is 194 Å². The third kappa shape index (κ3) is 5.17. The average Bonchev–Trinajstić information content (AvgIpc) is 3.64. The molecular weight excluding hydrogens is 422 g/mol. The number of aromatic nitrogens is 1. The van der Waals surface area contributed by atoms with E-state index in [9.17, 15) is 9.90 Å². The minimum Gasteiger partial charge on any atom is -0.393 e. The second-order valence-electron chi connectivity index (χ2n) is 8.56. The van der Waals surface area contributed by atoms with Crippen molar-refractivity contribution in [2.24, 2.45) is 4.99 Å². The maximum Gasteiger partial charge on any atom is 0.253 e. The Balaban J connectivity index is 1.56. The van der Waals surface area contributed by atoms with Crippen molar-refractivity contribution in [3.63, 3.8) is 0 Å². The highest BCUT2D eigenvalue weighted by Crippen LogP contribution is 2.39. The number of aliphatic hydroxyl groups is 1. The first kappa shape index (κ1) is 22.4. The SMILES string of the molecule is C=N/C=C(\C=C(/C)c1ccc(C(=O)N2CCC(O)CC2)cc1Cl)c1ccnc(C2CC2)c1. The van der Waals surface area contributed by atoms with Crippen molar-refractivity contribution in [1.29, 1.82) is 0 Å². The molecule has 1 aromatic carbocycles. The third-order valence-electron chi connectivity index (χ3n) is 6.10. The Kier molecular flexibility index (Phi) is 6.87. The molecule has 1 aliphatic heterocycles. The molecule has 32 heavy (non-hydrogen) atoms. The van der Waals surface area contributed by atoms with Crippen LogP contribution in [-0.4, -0.2) is 46.8 Å². The summed E-state index contributed by atoms with van der Waals surface area (Å²) in [6.07, 6.45) is 8.93. The molecule has 0 spiro atoms. The summed E-state index contributed by atoms with van der Waals surface area (Å²) >= 11 is 6.60. The summed E-state index contributed by atoms with van der Waals surface area (Å²) in [6.45, 7) is 6.74. The summed E-state index contributed by atoms with van der Waals surface area (Å²) < 4.78 is 0. The maximum absolute atomic E-state index is 12.8. The lowest BCUT2D eigenvalue weighted by molar-refractivity contribution is 0.0546. The molecule has 2 heterocycles. The maximum atomic E-state index is 12.8. The van der Waals surface area contributed by atoms with Crippen LogP contribution >= 0.6 is 11.6 Å². The fourth-order valence-electron chi connectivity index (χ4n) is 4.05. The van der Waals surface area contributed by atoms with Crippen molar-refractivity contribution in [2.45, 2.75) is 44.6 Å². The van der Waals surface area contributed by atoms with Gasteiger partial charge in [0, 0.05) is 53.3 Å². The standard InChI is InChI=1S/C26H28ClN3O2/c1-17(13-21(16-28-2)19-7-10-29-25(15-19)18-3-4-18)23-6-5-20(14-24(23)27)26(32)30-11-8-22(31)9-12-30/h5-7,10,13-16,18,22,31H,2-4,8-9,11-12H2,1H3/b17-13+,21-16+. The largest absolute Gasteiger partial charge is 0.393 e. The minimum absolute atomic E-state index is 0.0483. The molecule has 0 bridgehead atoms. The second-order valence-corrected chi connectivity index (χ2v) is 8.96. The molecule has 0 radical (unpaired) electrons. The Bertz CT molecular complexity index is 1080. The lowest BCUT2D eigenvalue weighted by Crippen LogP contribution is -2.40. The van der Waals surface area contributed by atoms with Crippen LogP contribution in [0, 0.1) is 0 Å². The molecule has 166 valence electrons. The van der Waals surface area contributed by atoms with E-state index in [1.807, 2.05) is 37.4 Å². The first-order chi connectivity index (χ1) is 15.5. The van der Waals surface area contributed by atoms with E-state index < -0.39 is 0 Å². The van der Waals surface area contributed by atoms with Gasteiger partial charge in [-0.2, -0.15) is 0 Å². The fraction of sp³-hybridized carbons (Fsp3) is 0.346. The van der Waals surface area contributed by atoms with Gasteiger partial charge in [0.05, 0.1) is 6.10 Å². The highest BCUT2D eigenvalue weighted by atomic mass is 35.5. The number of carbonyl (C=O) groups excluding carboxylic acids is 1. The highest BCUT2D eigenvalue weighted by molar-refractivity contribution is 6.32. The van der Waals surface area contributed by atoms with Crippen molar-refractivity contribution in [3.8, 4) is 0 Å². The molecule has 1 aromatic heterocycles. The number of carbonyl (C=O) groups is 1. The molecule has 0 atom stereocenters. The van der Waals surface area contributed by atoms with E-state index in [2.05, 4.69) is 22.8 Å². The number of rotatable bonds is 6. The average molecular weight is 450 g/mol. The quantitative estimate of drug-likeness (QED) is 0.477. The number of pyridine rings is 1. The van der Waals surface area contributed by atoms with E-state index in [1.54, 1.807) is 17.2 Å². The van der Waals surface area contributed by atoms with Crippen molar-refractivity contribution in [3.05, 3.63) is 76.2 Å². The molecule has 1 saturated carbocycles. The summed E-state index contributed by atoms with van der Waals surface area (Å²) in [5.74, 6) is 0.522. The van der Waals surface area contributed by atoms with Gasteiger partial charge in [-0.1, -0.05) is 17.7 Å². The van der Waals surface area contributed by atoms with Crippen molar-refractivity contribution >= 4 is 35.4 Å². The van der Waals surface area contributed by atoms with Crippen molar-refractivity contribution in [1.82, 2.24) is 9.88 Å². The van der Waals surface area contributed by atoms with Crippen LogP contribution in [-0.2, 0) is 0 Å². The number of aliphatic imine (C=N–C) groups is 1. The predicted molar refractivity (Wildman–Crippen MR) is 130 cm³/mol. The summed E-state index contributed by atoms with van der Waals surface area (Å²) in [7, 11) is 0. The number of halogens is 1. The van der Waals surface area contributed by atoms with Gasteiger partial charge >= 0.3 is 0 Å². The van der Waals surface area contributed by atoms with Crippen LogP contribution in [0.4, 0.5) is 0 Å². The molecule has 6 heteroatoms. The Morgan fingerprint density at radius 2 is 1.94 bits per heavy atom. The zero-order chi connectivity index (χ0) is 22.7. The lowest BCUT2D eigenvalue weighted by Gasteiger charge is -2.29. The van der Waals surface area contributed by atoms with Crippen LogP contribution < -0.4 is 0 Å². The Hall–Kier alpha value is -2.76. The number of hydrogen-bond acceptors (Lipinski definition) is 4. The first-order valence-corrected chi connectivity index (χ1v) is 11.4. The number of aliphatic hydroxyl groups excluding tert-OH is 1. The van der Waals surface area contributed by atoms with E-state index in [0.717, 1.165) is 28.0 Å². The number of hydrogen-bond donors (Lipinski definition) is 1. The van der Waals surface area contributed by atoms with Gasteiger partial charge in [0.2, 0.25) is 0 Å². The number of benzene rings is 1. The number of amides is 1. The van der Waals surface area contributed by atoms with Crippen LogP contribution in [0.1, 0.15) is 65.7 Å². The normalized spacial score (nSPS) is 18.0. The fourth-order valence-corrected chi connectivity index (χ4v) is 4.38. The monoisotopic (exact) mass is 449 g/mol. The minimum atomic E-state index is -0.314. The van der Waals surface area contributed by atoms with E-state index in [-0.39, 0.29) is 12.0 Å². The molecule has 0 unspecified atom stereocenters. The zero-order valence-electron chi connectivity index (χ0n) is 18.3. The lowest BCUT2D eigenvalue weighted by atomic mass is 9.98. The van der Waals surface area contributed by atoms with Crippen molar-refractivity contribution in [2.75, 3.05) is 13.1 Å². The van der Waals surface area contributed by atoms with Crippen LogP contribution in [0.5, 0.6) is 0 Å². The smallest absolute Gasteiger partial charge is 0.253 e. The summed E-state index contributed by atoms with van der Waals surface area (Å²) in [5.41, 5.74) is 5.50. The molecule has 1 saturated heterocycles. The first-order valence-electron chi connectivity index (χ1n) is 11.0. The van der Waals surface area contributed by atoms with Gasteiger partial charge in [0.25, 0.3) is 5.91 Å². The molecule has 2 fully saturated rings. The van der Waals surface area contributed by atoms with E-state index >= 15 is 0 Å². The van der Waals surface area contributed by atoms with Gasteiger partial charge in [-0.05, 0) is 86.4 Å². The zero-order valence-corrected chi connectivity index (χ0v) is 19.1. The third-order valence-corrected chi connectivity index (χ3v) is 6.42. The van der Waals surface area contributed by atoms with Gasteiger partial charge in [-0.25, -0.2) is 0 Å². The molecule has 2 aliphatic rings. The summed E-state index contributed by atoms with van der Waals surface area (Å²) in [4.78, 5) is 23.1. The van der Waals surface area contributed by atoms with Gasteiger partial charge in [0.15, 0.2) is 0 Å². The van der Waals surface area contributed by atoms with Crippen LogP contribution in [0.25, 0.3) is 11.1 Å². The number of allylic oxidation sites excluding steroid dienone is 3. The summed E-state index contributed by atoms with van der Waals surface area (Å²) in [5, 5.41) is 10.2. The topological polar surface area (TPSA) is 65.8 Å².